The van der Waals surface area contributed by atoms with E-state index in [1.807, 2.05) is 0 Å². The van der Waals surface area contributed by atoms with E-state index in [9.17, 15) is 0 Å². The zero-order chi connectivity index (χ0) is 71.2. The van der Waals surface area contributed by atoms with E-state index >= 15 is 0 Å². The minimum Gasteiger partial charge on any atom is -0.0776 e. The average molecular weight is 1410 g/mol. The summed E-state index contributed by atoms with van der Waals surface area (Å²) >= 11 is 0. The van der Waals surface area contributed by atoms with Crippen molar-refractivity contribution in [2.75, 3.05) is 0 Å². The highest BCUT2D eigenvalue weighted by Crippen LogP contribution is 2.38. The van der Waals surface area contributed by atoms with Gasteiger partial charge in [0.15, 0.2) is 0 Å². The van der Waals surface area contributed by atoms with E-state index in [0.717, 1.165) is 88.8 Å². The maximum atomic E-state index is 2.37. The van der Waals surface area contributed by atoms with Crippen LogP contribution >= 0.6 is 0 Å². The van der Waals surface area contributed by atoms with Gasteiger partial charge in [-0.05, 0) is 120 Å². The predicted octanol–water partition coefficient (Wildman–Crippen LogP) is 39.9. The quantitative estimate of drug-likeness (QED) is 0.0533. The first-order chi connectivity index (χ1) is 42.6. The second-order valence-electron chi connectivity index (χ2n) is 32.6. The fourth-order valence-electron chi connectivity index (χ4n) is 14.4. The van der Waals surface area contributed by atoms with Gasteiger partial charge in [0.05, 0.1) is 0 Å². The van der Waals surface area contributed by atoms with Crippen molar-refractivity contribution in [3.63, 3.8) is 0 Å². The highest BCUT2D eigenvalue weighted by Gasteiger charge is 2.25. The van der Waals surface area contributed by atoms with E-state index in [4.69, 9.17) is 0 Å². The van der Waals surface area contributed by atoms with Gasteiger partial charge in [0, 0.05) is 0 Å². The summed E-state index contributed by atoms with van der Waals surface area (Å²) in [6.45, 7) is 76.6. The van der Waals surface area contributed by atoms with Crippen molar-refractivity contribution in [1.82, 2.24) is 0 Å². The molecule has 98 heavy (non-hydrogen) atoms. The molecule has 0 nitrogen and oxygen atoms in total. The van der Waals surface area contributed by atoms with Gasteiger partial charge in [-0.2, -0.15) is 0 Å². The Morgan fingerprint density at radius 3 is 0.684 bits per heavy atom. The number of unbranched alkanes of at least 4 members (excludes halogenated alkanes) is 10. The molecule has 0 rings (SSSR count). The van der Waals surface area contributed by atoms with Crippen LogP contribution in [-0.2, 0) is 0 Å². The number of hydrogen-bond acceptors (Lipinski definition) is 0. The molecule has 0 aromatic rings. The normalized spacial score (nSPS) is 11.8. The van der Waals surface area contributed by atoms with Crippen LogP contribution in [0.3, 0.4) is 0 Å². The van der Waals surface area contributed by atoms with Gasteiger partial charge in [-0.3, -0.25) is 0 Å². The second kappa shape index (κ2) is 106. The largest absolute Gasteiger partial charge is 0.0776 e. The van der Waals surface area contributed by atoms with Gasteiger partial charge in [-0.25, -0.2) is 0 Å². The molecule has 620 valence electrons. The van der Waals surface area contributed by atoms with Gasteiger partial charge in [-0.1, -0.05) is 525 Å². The first-order valence-electron chi connectivity index (χ1n) is 42.6. The van der Waals surface area contributed by atoms with Crippen molar-refractivity contribution >= 4 is 0 Å². The Labute approximate surface area is 641 Å². The highest BCUT2D eigenvalue weighted by atomic mass is 14.3. The Balaban J connectivity index is -0.0000000556. The topological polar surface area (TPSA) is 0 Å². The summed E-state index contributed by atoms with van der Waals surface area (Å²) in [4.78, 5) is 0. The summed E-state index contributed by atoms with van der Waals surface area (Å²) in [5.41, 5.74) is 0.656. The summed E-state index contributed by atoms with van der Waals surface area (Å²) in [6, 6.07) is 0. The second-order valence-corrected chi connectivity index (χ2v) is 32.6. The SMILES string of the molecule is C.C.C.C.C.C.C.C.CCC(CC)C(C)C.CCCC(CC)(CC)CC(C)C.CCCC(CCC)CC(C)C.CCCCC(CC)C(C)C.CCCCC(CCC)C(C)C.CCCCC(CCCC)C(C)C.CCCCCC(CC)C(C)C.CCCCCCC(CCCC)CC(C)C. The third kappa shape index (κ3) is 105. The molecule has 0 aromatic carbocycles. The molecule has 0 bridgehead atoms. The third-order valence-corrected chi connectivity index (χ3v) is 20.9. The van der Waals surface area contributed by atoms with Gasteiger partial charge in [0.25, 0.3) is 0 Å². The molecule has 0 saturated carbocycles. The van der Waals surface area contributed by atoms with Crippen LogP contribution in [0.15, 0.2) is 0 Å². The van der Waals surface area contributed by atoms with E-state index in [-0.39, 0.29) is 59.4 Å². The van der Waals surface area contributed by atoms with Crippen LogP contribution in [-0.4, -0.2) is 0 Å². The van der Waals surface area contributed by atoms with Crippen molar-refractivity contribution < 1.29 is 0 Å². The van der Waals surface area contributed by atoms with Crippen LogP contribution in [0.1, 0.15) is 551 Å². The molecule has 0 spiro atoms. The number of rotatable bonds is 49. The lowest BCUT2D eigenvalue weighted by Crippen LogP contribution is -2.20. The lowest BCUT2D eigenvalue weighted by molar-refractivity contribution is 0.187. The van der Waals surface area contributed by atoms with E-state index in [1.165, 1.54) is 263 Å². The molecule has 4 atom stereocenters. The van der Waals surface area contributed by atoms with Crippen LogP contribution < -0.4 is 0 Å². The summed E-state index contributed by atoms with van der Waals surface area (Å²) < 4.78 is 0. The summed E-state index contributed by atoms with van der Waals surface area (Å²) in [5.74, 6) is 14.0. The first kappa shape index (κ1) is 137. The minimum atomic E-state index is 0. The molecule has 0 amide bonds. The van der Waals surface area contributed by atoms with E-state index in [2.05, 4.69) is 228 Å². The molecule has 0 aliphatic carbocycles. The molecular formula is C98H228. The third-order valence-electron chi connectivity index (χ3n) is 20.9. The summed E-state index contributed by atoms with van der Waals surface area (Å²) in [6.07, 6.45) is 57.6. The maximum Gasteiger partial charge on any atom is -0.0300 e. The molecule has 0 aliphatic heterocycles. The molecule has 0 heteroatoms. The average Bonchev–Trinajstić information content (AvgIpc) is 0.887. The van der Waals surface area contributed by atoms with Crippen LogP contribution in [0.2, 0.25) is 0 Å². The fraction of sp³-hybridized carbons (Fsp3) is 1.00. The van der Waals surface area contributed by atoms with Crippen molar-refractivity contribution in [1.29, 1.82) is 0 Å². The maximum absolute atomic E-state index is 2.37. The van der Waals surface area contributed by atoms with Crippen LogP contribution in [0.25, 0.3) is 0 Å². The van der Waals surface area contributed by atoms with Gasteiger partial charge < -0.3 is 0 Å². The monoisotopic (exact) mass is 1410 g/mol. The van der Waals surface area contributed by atoms with Crippen molar-refractivity contribution in [3.05, 3.63) is 0 Å². The van der Waals surface area contributed by atoms with Gasteiger partial charge in [-0.15, -0.1) is 0 Å². The minimum absolute atomic E-state index is 0. The molecule has 0 heterocycles. The van der Waals surface area contributed by atoms with Crippen LogP contribution in [0.4, 0.5) is 0 Å². The summed E-state index contributed by atoms with van der Waals surface area (Å²) in [5, 5.41) is 0. The molecule has 0 aromatic heterocycles. The van der Waals surface area contributed by atoms with E-state index in [0.29, 0.717) is 5.41 Å². The smallest absolute Gasteiger partial charge is 0.0300 e. The van der Waals surface area contributed by atoms with Gasteiger partial charge in [0.1, 0.15) is 0 Å². The van der Waals surface area contributed by atoms with Crippen molar-refractivity contribution in [2.45, 2.75) is 551 Å². The first-order valence-corrected chi connectivity index (χ1v) is 42.6. The number of hydrogen-bond donors (Lipinski definition) is 0. The van der Waals surface area contributed by atoms with Gasteiger partial charge >= 0.3 is 0 Å². The standard InChI is InChI=1S/C15H32.2C12H26.3C11H24.C10H22.C8H18.8CH4/c1-5-7-9-10-12-15(11-8-6-2)13-14(3)4;1-6-9-12(7-2,8-3)10-11(4)5;1-5-7-9-12(11(3)4)10-8-6-2;1-5-7-8-9-11(6-2)10(3)4;1-5-7-11(8-6-2)9-10(3)4;1-5-7-9-11(8-6-2)10(3)4;1-5-7-8-10(6-2)9(3)4;1-5-8(6-2)7(3)4;;;;;;;;/h14-15H,5-13H2,1-4H3;11H,6-10H2,1-5H3;11-12H,5-10H2,1-4H3;3*10-11H,5-9H2,1-4H3;9-10H,5-8H2,1-4H3;7-8H,5-6H2,1-4H3;8*1H4. The molecule has 0 fully saturated rings. The van der Waals surface area contributed by atoms with Crippen molar-refractivity contribution in [3.8, 4) is 0 Å². The van der Waals surface area contributed by atoms with Crippen molar-refractivity contribution in [2.24, 2.45) is 94.2 Å². The lowest BCUT2D eigenvalue weighted by atomic mass is 9.73. The highest BCUT2D eigenvalue weighted by molar-refractivity contribution is 4.77. The summed E-state index contributed by atoms with van der Waals surface area (Å²) in [7, 11) is 0. The Morgan fingerprint density at radius 2 is 0.449 bits per heavy atom. The van der Waals surface area contributed by atoms with Crippen LogP contribution in [0, 0.1) is 94.2 Å². The Hall–Kier alpha value is 0. The Kier molecular flexibility index (Phi) is 148. The van der Waals surface area contributed by atoms with Crippen LogP contribution in [0.5, 0.6) is 0 Å². The Bertz CT molecular complexity index is 1160. The molecule has 0 N–H and O–H groups in total. The zero-order valence-electron chi connectivity index (χ0n) is 71.2. The Morgan fingerprint density at radius 1 is 0.204 bits per heavy atom. The molecule has 0 radical (unpaired) electrons. The fourth-order valence-corrected chi connectivity index (χ4v) is 14.4. The van der Waals surface area contributed by atoms with Gasteiger partial charge in [0.2, 0.25) is 0 Å². The van der Waals surface area contributed by atoms with E-state index in [1.54, 1.807) is 0 Å². The lowest BCUT2D eigenvalue weighted by Gasteiger charge is -2.33. The molecule has 0 aliphatic rings. The molecule has 4 unspecified atom stereocenters. The predicted molar refractivity (Wildman–Crippen MR) is 485 cm³/mol. The van der Waals surface area contributed by atoms with E-state index < -0.39 is 0 Å². The zero-order valence-corrected chi connectivity index (χ0v) is 71.2. The molecular weight excluding hydrogens is 1180 g/mol. The molecule has 0 saturated heterocycles.